The number of aromatic hydroxyl groups is 1. The highest BCUT2D eigenvalue weighted by Crippen LogP contribution is 2.28. The van der Waals surface area contributed by atoms with Crippen molar-refractivity contribution in [2.75, 3.05) is 13.7 Å². The van der Waals surface area contributed by atoms with E-state index in [1.165, 1.54) is 11.0 Å². The van der Waals surface area contributed by atoms with Crippen molar-refractivity contribution in [2.45, 2.75) is 6.54 Å². The van der Waals surface area contributed by atoms with Crippen molar-refractivity contribution < 1.29 is 19.4 Å². The predicted octanol–water partition coefficient (Wildman–Crippen LogP) is 3.42. The number of phenolic OH excluding ortho intramolecular Hbond substituents is 1. The molecule has 5 nitrogen and oxygen atoms in total. The molecule has 0 spiro atoms. The Kier molecular flexibility index (Phi) is 5.00. The van der Waals surface area contributed by atoms with Crippen LogP contribution >= 0.6 is 11.3 Å². The van der Waals surface area contributed by atoms with Gasteiger partial charge < -0.3 is 14.7 Å². The molecule has 0 atom stereocenters. The first kappa shape index (κ1) is 17.0. The van der Waals surface area contributed by atoms with Gasteiger partial charge in [-0.15, -0.1) is 0 Å². The molecule has 0 aliphatic rings. The quantitative estimate of drug-likeness (QED) is 0.712. The molecule has 0 aliphatic heterocycles. The zero-order chi connectivity index (χ0) is 17.8. The first-order valence-electron chi connectivity index (χ1n) is 7.69. The number of hydrogen-bond donors (Lipinski definition) is 1. The molecule has 0 fully saturated rings. The minimum Gasteiger partial charge on any atom is -0.506 e. The van der Waals surface area contributed by atoms with Crippen molar-refractivity contribution in [3.05, 3.63) is 64.4 Å². The monoisotopic (exact) mass is 355 g/mol. The van der Waals surface area contributed by atoms with Crippen LogP contribution in [0.4, 0.5) is 0 Å². The van der Waals surface area contributed by atoms with E-state index in [4.69, 9.17) is 4.74 Å². The molecule has 0 bridgehead atoms. The molecule has 0 saturated heterocycles. The molecule has 1 N–H and O–H groups in total. The largest absolute Gasteiger partial charge is 0.506 e. The Morgan fingerprint density at radius 2 is 1.96 bits per heavy atom. The fraction of sp³-hybridized carbons (Fsp3) is 0.158. The summed E-state index contributed by atoms with van der Waals surface area (Å²) >= 11 is 1.56. The lowest BCUT2D eigenvalue weighted by Gasteiger charge is -2.16. The van der Waals surface area contributed by atoms with Crippen LogP contribution in [0.2, 0.25) is 0 Å². The molecule has 2 aromatic carbocycles. The third kappa shape index (κ3) is 3.80. The third-order valence-electron chi connectivity index (χ3n) is 3.87. The van der Waals surface area contributed by atoms with Crippen molar-refractivity contribution in [1.29, 1.82) is 0 Å². The lowest BCUT2D eigenvalue weighted by Crippen LogP contribution is -2.30. The number of ether oxygens (including phenoxy) is 1. The average molecular weight is 355 g/mol. The van der Waals surface area contributed by atoms with Gasteiger partial charge in [0.2, 0.25) is 0 Å². The number of phenols is 1. The molecule has 3 rings (SSSR count). The van der Waals surface area contributed by atoms with E-state index >= 15 is 0 Å². The van der Waals surface area contributed by atoms with Gasteiger partial charge in [-0.2, -0.15) is 11.3 Å². The Morgan fingerprint density at radius 3 is 2.72 bits per heavy atom. The topological polar surface area (TPSA) is 66.8 Å². The van der Waals surface area contributed by atoms with Gasteiger partial charge in [0, 0.05) is 19.0 Å². The van der Waals surface area contributed by atoms with Crippen molar-refractivity contribution in [3.8, 4) is 5.75 Å². The van der Waals surface area contributed by atoms with Crippen LogP contribution < -0.4 is 0 Å². The molecular formula is C19H17NO4S. The highest BCUT2D eigenvalue weighted by atomic mass is 32.1. The second-order valence-electron chi connectivity index (χ2n) is 5.64. The van der Waals surface area contributed by atoms with Gasteiger partial charge >= 0.3 is 5.97 Å². The minimum atomic E-state index is -0.722. The highest BCUT2D eigenvalue weighted by Gasteiger charge is 2.18. The number of benzene rings is 2. The fourth-order valence-corrected chi connectivity index (χ4v) is 3.14. The maximum Gasteiger partial charge on any atom is 0.342 e. The molecule has 128 valence electrons. The van der Waals surface area contributed by atoms with Crippen LogP contribution in [0, 0.1) is 0 Å². The van der Waals surface area contributed by atoms with Crippen LogP contribution in [-0.2, 0) is 16.1 Å². The van der Waals surface area contributed by atoms with Crippen molar-refractivity contribution in [1.82, 2.24) is 4.90 Å². The van der Waals surface area contributed by atoms with E-state index in [1.807, 2.05) is 29.0 Å². The number of thiophene rings is 1. The van der Waals surface area contributed by atoms with Gasteiger partial charge in [-0.3, -0.25) is 4.79 Å². The minimum absolute atomic E-state index is 0.0481. The smallest absolute Gasteiger partial charge is 0.342 e. The number of carbonyl (C=O) groups excluding carboxylic acids is 2. The number of likely N-dealkylation sites (N-methyl/N-ethyl adjacent to an activating group) is 1. The summed E-state index contributed by atoms with van der Waals surface area (Å²) in [5, 5.41) is 15.6. The lowest BCUT2D eigenvalue weighted by atomic mass is 10.1. The van der Waals surface area contributed by atoms with Gasteiger partial charge in [-0.05, 0) is 33.8 Å². The zero-order valence-electron chi connectivity index (χ0n) is 13.6. The van der Waals surface area contributed by atoms with E-state index in [0.29, 0.717) is 11.9 Å². The molecule has 0 radical (unpaired) electrons. The summed E-state index contributed by atoms with van der Waals surface area (Å²) in [5.41, 5.74) is 1.08. The molecule has 1 amide bonds. The Hall–Kier alpha value is -2.86. The molecule has 1 heterocycles. The number of hydrogen-bond acceptors (Lipinski definition) is 5. The van der Waals surface area contributed by atoms with E-state index in [0.717, 1.165) is 10.9 Å². The first-order chi connectivity index (χ1) is 12.1. The number of fused-ring (bicyclic) bond motifs is 1. The molecule has 0 aliphatic carbocycles. The van der Waals surface area contributed by atoms with Gasteiger partial charge in [0.1, 0.15) is 11.3 Å². The molecule has 3 aromatic rings. The van der Waals surface area contributed by atoms with E-state index in [2.05, 4.69) is 0 Å². The summed E-state index contributed by atoms with van der Waals surface area (Å²) in [4.78, 5) is 25.8. The fourth-order valence-electron chi connectivity index (χ4n) is 2.48. The second kappa shape index (κ2) is 7.36. The van der Waals surface area contributed by atoms with Crippen LogP contribution in [-0.4, -0.2) is 35.5 Å². The van der Waals surface area contributed by atoms with Gasteiger partial charge in [0.05, 0.1) is 0 Å². The van der Waals surface area contributed by atoms with E-state index in [-0.39, 0.29) is 23.8 Å². The lowest BCUT2D eigenvalue weighted by molar-refractivity contribution is -0.133. The number of rotatable bonds is 5. The van der Waals surface area contributed by atoms with E-state index < -0.39 is 5.97 Å². The molecule has 1 aromatic heterocycles. The number of amides is 1. The van der Waals surface area contributed by atoms with Crippen molar-refractivity contribution in [2.24, 2.45) is 0 Å². The standard InChI is InChI=1S/C19H17NO4S/c1-20(10-13-8-9-25-12-13)17(21)11-24-19(23)16-7-6-14-4-2-3-5-15(14)18(16)22/h2-9,12,22H,10-11H2,1H3. The SMILES string of the molecule is CN(Cc1ccsc1)C(=O)COC(=O)c1ccc2ccccc2c1O. The average Bonchev–Trinajstić information content (AvgIpc) is 3.13. The van der Waals surface area contributed by atoms with Gasteiger partial charge in [-0.1, -0.05) is 30.3 Å². The summed E-state index contributed by atoms with van der Waals surface area (Å²) in [6.07, 6.45) is 0. The molecular weight excluding hydrogens is 338 g/mol. The molecule has 25 heavy (non-hydrogen) atoms. The Balaban J connectivity index is 1.64. The maximum atomic E-state index is 12.2. The Morgan fingerprint density at radius 1 is 1.16 bits per heavy atom. The first-order valence-corrected chi connectivity index (χ1v) is 8.63. The van der Waals surface area contributed by atoms with E-state index in [9.17, 15) is 14.7 Å². The summed E-state index contributed by atoms with van der Waals surface area (Å²) in [6, 6.07) is 12.4. The van der Waals surface area contributed by atoms with E-state index in [1.54, 1.807) is 36.6 Å². The van der Waals surface area contributed by atoms with Crippen LogP contribution in [0.25, 0.3) is 10.8 Å². The predicted molar refractivity (Wildman–Crippen MR) is 96.7 cm³/mol. The molecule has 6 heteroatoms. The Labute approximate surface area is 149 Å². The molecule has 0 unspecified atom stereocenters. The van der Waals surface area contributed by atoms with Crippen LogP contribution in [0.5, 0.6) is 5.75 Å². The normalized spacial score (nSPS) is 10.6. The summed E-state index contributed by atoms with van der Waals surface area (Å²) in [7, 11) is 1.65. The van der Waals surface area contributed by atoms with Crippen molar-refractivity contribution >= 4 is 34.0 Å². The zero-order valence-corrected chi connectivity index (χ0v) is 14.5. The van der Waals surface area contributed by atoms with Crippen LogP contribution in [0.3, 0.4) is 0 Å². The van der Waals surface area contributed by atoms with Gasteiger partial charge in [0.25, 0.3) is 5.91 Å². The van der Waals surface area contributed by atoms with Gasteiger partial charge in [-0.25, -0.2) is 4.79 Å². The highest BCUT2D eigenvalue weighted by molar-refractivity contribution is 7.07. The number of esters is 1. The van der Waals surface area contributed by atoms with Crippen LogP contribution in [0.1, 0.15) is 15.9 Å². The van der Waals surface area contributed by atoms with Crippen LogP contribution in [0.15, 0.2) is 53.2 Å². The molecule has 0 saturated carbocycles. The maximum absolute atomic E-state index is 12.2. The van der Waals surface area contributed by atoms with Gasteiger partial charge in [0.15, 0.2) is 6.61 Å². The second-order valence-corrected chi connectivity index (χ2v) is 6.42. The number of nitrogens with zero attached hydrogens (tertiary/aromatic N) is 1. The Bertz CT molecular complexity index is 905. The van der Waals surface area contributed by atoms with Crippen molar-refractivity contribution in [3.63, 3.8) is 0 Å². The number of carbonyl (C=O) groups is 2. The third-order valence-corrected chi connectivity index (χ3v) is 4.60. The summed E-state index contributed by atoms with van der Waals surface area (Å²) in [5.74, 6) is -1.16. The summed E-state index contributed by atoms with van der Waals surface area (Å²) in [6.45, 7) is 0.0901. The summed E-state index contributed by atoms with van der Waals surface area (Å²) < 4.78 is 5.07.